The molecule has 0 aliphatic heterocycles. The third-order valence-corrected chi connectivity index (χ3v) is 2.12. The maximum atomic E-state index is 11.8. The quantitative estimate of drug-likeness (QED) is 0.553. The molecular weight excluding hydrogens is 246 g/mol. The van der Waals surface area contributed by atoms with Gasteiger partial charge >= 0.3 is 0 Å². The third kappa shape index (κ3) is 8.84. The highest BCUT2D eigenvalue weighted by molar-refractivity contribution is 5.76. The first-order valence-electron chi connectivity index (χ1n) is 5.61. The van der Waals surface area contributed by atoms with Gasteiger partial charge < -0.3 is 14.4 Å². The van der Waals surface area contributed by atoms with E-state index in [1.54, 1.807) is 0 Å². The van der Waals surface area contributed by atoms with Crippen LogP contribution in [0, 0.1) is 11.3 Å². The van der Waals surface area contributed by atoms with E-state index in [-0.39, 0.29) is 25.4 Å². The molecule has 0 aliphatic carbocycles. The maximum Gasteiger partial charge on any atom is 0.261 e. The summed E-state index contributed by atoms with van der Waals surface area (Å²) in [5.74, 6) is -0.225. The van der Waals surface area contributed by atoms with Crippen molar-refractivity contribution in [3.8, 4) is 6.07 Å². The number of hydrogen-bond acceptors (Lipinski definition) is 4. The second kappa shape index (κ2) is 10.9. The average molecular weight is 264 g/mol. The SMILES string of the molecule is COCCN(CCC#N)C(=O)CCOCC(F)F. The average Bonchev–Trinajstić information content (AvgIpc) is 2.34. The van der Waals surface area contributed by atoms with E-state index >= 15 is 0 Å². The first kappa shape index (κ1) is 16.7. The Kier molecular flexibility index (Phi) is 10.1. The van der Waals surface area contributed by atoms with Gasteiger partial charge in [-0.2, -0.15) is 5.26 Å². The van der Waals surface area contributed by atoms with Gasteiger partial charge in [0.25, 0.3) is 6.43 Å². The molecule has 0 aromatic carbocycles. The minimum atomic E-state index is -2.52. The van der Waals surface area contributed by atoms with Gasteiger partial charge in [-0.1, -0.05) is 0 Å². The molecule has 0 heterocycles. The number of carbonyl (C=O) groups is 1. The van der Waals surface area contributed by atoms with Crippen molar-refractivity contribution < 1.29 is 23.0 Å². The Labute approximate surface area is 105 Å². The zero-order valence-corrected chi connectivity index (χ0v) is 10.4. The van der Waals surface area contributed by atoms with Gasteiger partial charge in [0.2, 0.25) is 5.91 Å². The van der Waals surface area contributed by atoms with Gasteiger partial charge in [0.05, 0.1) is 32.1 Å². The summed E-state index contributed by atoms with van der Waals surface area (Å²) in [6.45, 7) is 0.358. The summed E-state index contributed by atoms with van der Waals surface area (Å²) in [5, 5.41) is 8.47. The largest absolute Gasteiger partial charge is 0.383 e. The number of ether oxygens (including phenoxy) is 2. The molecule has 1 amide bonds. The van der Waals surface area contributed by atoms with Gasteiger partial charge in [0, 0.05) is 20.2 Å². The van der Waals surface area contributed by atoms with Crippen LogP contribution in [0.15, 0.2) is 0 Å². The van der Waals surface area contributed by atoms with Gasteiger partial charge in [-0.25, -0.2) is 8.78 Å². The van der Waals surface area contributed by atoms with E-state index in [0.717, 1.165) is 0 Å². The zero-order chi connectivity index (χ0) is 13.8. The summed E-state index contributed by atoms with van der Waals surface area (Å²) < 4.78 is 33.0. The molecule has 0 atom stereocenters. The Hall–Kier alpha value is -1.26. The lowest BCUT2D eigenvalue weighted by molar-refractivity contribution is -0.133. The number of alkyl halides is 2. The number of amides is 1. The van der Waals surface area contributed by atoms with Crippen molar-refractivity contribution >= 4 is 5.91 Å². The maximum absolute atomic E-state index is 11.8. The summed E-state index contributed by atoms with van der Waals surface area (Å²) in [6, 6.07) is 1.95. The molecule has 0 saturated carbocycles. The fraction of sp³-hybridized carbons (Fsp3) is 0.818. The second-order valence-corrected chi connectivity index (χ2v) is 3.50. The van der Waals surface area contributed by atoms with E-state index in [2.05, 4.69) is 4.74 Å². The van der Waals surface area contributed by atoms with Gasteiger partial charge in [-0.05, 0) is 0 Å². The Morgan fingerprint density at radius 3 is 2.67 bits per heavy atom. The molecule has 0 aromatic rings. The summed E-state index contributed by atoms with van der Waals surface area (Å²) in [6.07, 6.45) is -2.27. The Balaban J connectivity index is 3.92. The van der Waals surface area contributed by atoms with Gasteiger partial charge in [0.1, 0.15) is 6.61 Å². The van der Waals surface area contributed by atoms with Crippen LogP contribution in [0.5, 0.6) is 0 Å². The predicted molar refractivity (Wildman–Crippen MR) is 60.1 cm³/mol. The first-order chi connectivity index (χ1) is 8.61. The fourth-order valence-electron chi connectivity index (χ4n) is 1.24. The van der Waals surface area contributed by atoms with Crippen LogP contribution < -0.4 is 0 Å². The summed E-state index contributed by atoms with van der Waals surface area (Å²) in [5.41, 5.74) is 0. The lowest BCUT2D eigenvalue weighted by Crippen LogP contribution is -2.35. The number of halogens is 2. The van der Waals surface area contributed by atoms with Crippen LogP contribution in [0.25, 0.3) is 0 Å². The molecule has 0 rings (SSSR count). The van der Waals surface area contributed by atoms with Crippen molar-refractivity contribution in [1.29, 1.82) is 5.26 Å². The number of nitriles is 1. The molecule has 0 N–H and O–H groups in total. The number of nitrogens with zero attached hydrogens (tertiary/aromatic N) is 2. The summed E-state index contributed by atoms with van der Waals surface area (Å²) in [4.78, 5) is 13.2. The summed E-state index contributed by atoms with van der Waals surface area (Å²) >= 11 is 0. The lowest BCUT2D eigenvalue weighted by atomic mass is 10.3. The van der Waals surface area contributed by atoms with Gasteiger partial charge in [0.15, 0.2) is 0 Å². The van der Waals surface area contributed by atoms with E-state index in [0.29, 0.717) is 19.7 Å². The van der Waals surface area contributed by atoms with Crippen LogP contribution in [0.3, 0.4) is 0 Å². The Morgan fingerprint density at radius 2 is 2.11 bits per heavy atom. The van der Waals surface area contributed by atoms with Crippen LogP contribution in [0.1, 0.15) is 12.8 Å². The molecule has 7 heteroatoms. The molecule has 0 unspecified atom stereocenters. The van der Waals surface area contributed by atoms with Crippen LogP contribution in [0.4, 0.5) is 8.78 Å². The number of carbonyl (C=O) groups excluding carboxylic acids is 1. The Bertz CT molecular complexity index is 270. The van der Waals surface area contributed by atoms with Crippen molar-refractivity contribution in [3.63, 3.8) is 0 Å². The third-order valence-electron chi connectivity index (χ3n) is 2.12. The molecular formula is C11H18F2N2O3. The highest BCUT2D eigenvalue weighted by atomic mass is 19.3. The normalized spacial score (nSPS) is 10.4. The topological polar surface area (TPSA) is 62.6 Å². The molecule has 0 bridgehead atoms. The highest BCUT2D eigenvalue weighted by Crippen LogP contribution is 1.99. The van der Waals surface area contributed by atoms with E-state index in [4.69, 9.17) is 10.00 Å². The van der Waals surface area contributed by atoms with Crippen molar-refractivity contribution in [2.75, 3.05) is 40.0 Å². The molecule has 5 nitrogen and oxygen atoms in total. The standard InChI is InChI=1S/C11H18F2N2O3/c1-17-8-6-15(5-2-4-14)11(16)3-7-18-9-10(12)13/h10H,2-3,5-9H2,1H3. The van der Waals surface area contributed by atoms with Gasteiger partial charge in [-0.3, -0.25) is 4.79 Å². The minimum Gasteiger partial charge on any atom is -0.383 e. The molecule has 18 heavy (non-hydrogen) atoms. The van der Waals surface area contributed by atoms with Crippen molar-refractivity contribution in [1.82, 2.24) is 4.90 Å². The molecule has 0 fully saturated rings. The van der Waals surface area contributed by atoms with Crippen LogP contribution >= 0.6 is 0 Å². The first-order valence-corrected chi connectivity index (χ1v) is 5.61. The van der Waals surface area contributed by atoms with E-state index in [1.165, 1.54) is 12.0 Å². The monoisotopic (exact) mass is 264 g/mol. The smallest absolute Gasteiger partial charge is 0.261 e. The van der Waals surface area contributed by atoms with E-state index in [9.17, 15) is 13.6 Å². The van der Waals surface area contributed by atoms with Crippen LogP contribution in [0.2, 0.25) is 0 Å². The number of rotatable bonds is 10. The van der Waals surface area contributed by atoms with Crippen molar-refractivity contribution in [2.24, 2.45) is 0 Å². The molecule has 0 aliphatic rings. The highest BCUT2D eigenvalue weighted by Gasteiger charge is 2.13. The fourth-order valence-corrected chi connectivity index (χ4v) is 1.24. The zero-order valence-electron chi connectivity index (χ0n) is 10.4. The van der Waals surface area contributed by atoms with Crippen LogP contribution in [-0.4, -0.2) is 57.3 Å². The van der Waals surface area contributed by atoms with Crippen molar-refractivity contribution in [2.45, 2.75) is 19.3 Å². The molecule has 0 aromatic heterocycles. The second-order valence-electron chi connectivity index (χ2n) is 3.50. The molecule has 0 radical (unpaired) electrons. The van der Waals surface area contributed by atoms with Gasteiger partial charge in [-0.15, -0.1) is 0 Å². The minimum absolute atomic E-state index is 0.0296. The van der Waals surface area contributed by atoms with Crippen LogP contribution in [-0.2, 0) is 14.3 Å². The van der Waals surface area contributed by atoms with E-state index < -0.39 is 13.0 Å². The van der Waals surface area contributed by atoms with Crippen molar-refractivity contribution in [3.05, 3.63) is 0 Å². The Morgan fingerprint density at radius 1 is 1.39 bits per heavy atom. The molecule has 0 spiro atoms. The lowest BCUT2D eigenvalue weighted by Gasteiger charge is -2.21. The van der Waals surface area contributed by atoms with E-state index in [1.807, 2.05) is 6.07 Å². The number of methoxy groups -OCH3 is 1. The number of hydrogen-bond donors (Lipinski definition) is 0. The molecule has 0 saturated heterocycles. The summed E-state index contributed by atoms with van der Waals surface area (Å²) in [7, 11) is 1.51. The molecule has 104 valence electrons. The predicted octanol–water partition coefficient (Wildman–Crippen LogP) is 1.05.